The Labute approximate surface area is 106 Å². The Morgan fingerprint density at radius 2 is 2.24 bits per heavy atom. The molecule has 1 heterocycles. The van der Waals surface area contributed by atoms with Crippen molar-refractivity contribution in [3.63, 3.8) is 0 Å². The molecule has 1 saturated heterocycles. The fourth-order valence-corrected chi connectivity index (χ4v) is 2.77. The Bertz CT molecular complexity index is 284. The van der Waals surface area contributed by atoms with Gasteiger partial charge in [0.2, 0.25) is 11.8 Å². The number of thioether (sulfide) groups is 1. The van der Waals surface area contributed by atoms with Gasteiger partial charge in [0.15, 0.2) is 0 Å². The van der Waals surface area contributed by atoms with Crippen LogP contribution in [0.15, 0.2) is 0 Å². The maximum Gasteiger partial charge on any atom is 0.243 e. The molecule has 1 fully saturated rings. The molecule has 5 nitrogen and oxygen atoms in total. The average molecular weight is 260 g/mol. The molecule has 1 unspecified atom stereocenters. The lowest BCUT2D eigenvalue weighted by Crippen LogP contribution is -2.48. The van der Waals surface area contributed by atoms with E-state index in [1.54, 1.807) is 23.8 Å². The van der Waals surface area contributed by atoms with E-state index in [1.807, 2.05) is 13.8 Å². The van der Waals surface area contributed by atoms with Crippen LogP contribution in [0.2, 0.25) is 0 Å². The van der Waals surface area contributed by atoms with Crippen LogP contribution in [-0.2, 0) is 14.3 Å². The summed E-state index contributed by atoms with van der Waals surface area (Å²) in [5.41, 5.74) is 0. The molecule has 0 saturated carbocycles. The summed E-state index contributed by atoms with van der Waals surface area (Å²) in [6.07, 6.45) is 0. The maximum absolute atomic E-state index is 11.9. The van der Waals surface area contributed by atoms with E-state index < -0.39 is 0 Å². The highest BCUT2D eigenvalue weighted by atomic mass is 32.2. The monoisotopic (exact) mass is 260 g/mol. The zero-order valence-corrected chi connectivity index (χ0v) is 11.4. The summed E-state index contributed by atoms with van der Waals surface area (Å²) in [4.78, 5) is 25.4. The van der Waals surface area contributed by atoms with E-state index in [2.05, 4.69) is 5.32 Å². The summed E-state index contributed by atoms with van der Waals surface area (Å²) in [6, 6.07) is -0.327. The van der Waals surface area contributed by atoms with Crippen LogP contribution < -0.4 is 5.32 Å². The average Bonchev–Trinajstić information content (AvgIpc) is 2.76. The number of hydrogen-bond donors (Lipinski definition) is 1. The van der Waals surface area contributed by atoms with Gasteiger partial charge in [-0.25, -0.2) is 0 Å². The van der Waals surface area contributed by atoms with Crippen molar-refractivity contribution in [1.29, 1.82) is 0 Å². The Kier molecular flexibility index (Phi) is 5.77. The highest BCUT2D eigenvalue weighted by Gasteiger charge is 2.35. The van der Waals surface area contributed by atoms with Gasteiger partial charge < -0.3 is 15.0 Å². The van der Waals surface area contributed by atoms with Crippen molar-refractivity contribution in [3.8, 4) is 0 Å². The van der Waals surface area contributed by atoms with Crippen LogP contribution in [0, 0.1) is 5.92 Å². The first-order chi connectivity index (χ1) is 8.07. The third-order valence-corrected chi connectivity index (χ3v) is 3.58. The van der Waals surface area contributed by atoms with Crippen LogP contribution in [0.4, 0.5) is 0 Å². The molecule has 1 atom stereocenters. The van der Waals surface area contributed by atoms with Crippen molar-refractivity contribution < 1.29 is 14.3 Å². The molecule has 0 aromatic rings. The van der Waals surface area contributed by atoms with E-state index in [1.165, 1.54) is 0 Å². The van der Waals surface area contributed by atoms with Crippen molar-refractivity contribution in [2.75, 3.05) is 31.9 Å². The number of ether oxygens (including phenoxy) is 1. The first-order valence-electron chi connectivity index (χ1n) is 5.72. The number of rotatable bonds is 5. The fraction of sp³-hybridized carbons (Fsp3) is 0.818. The van der Waals surface area contributed by atoms with E-state index in [9.17, 15) is 9.59 Å². The standard InChI is InChI=1S/C11H20N2O3S/c1-8(2)11(15)13-7-17-6-9(13)10(14)12-4-5-16-3/h8-9H,4-7H2,1-3H3,(H,12,14). The number of nitrogens with one attached hydrogen (secondary N) is 1. The lowest BCUT2D eigenvalue weighted by atomic mass is 10.1. The van der Waals surface area contributed by atoms with Gasteiger partial charge >= 0.3 is 0 Å². The summed E-state index contributed by atoms with van der Waals surface area (Å²) < 4.78 is 4.87. The number of carbonyl (C=O) groups is 2. The zero-order chi connectivity index (χ0) is 12.8. The minimum absolute atomic E-state index is 0.0434. The summed E-state index contributed by atoms with van der Waals surface area (Å²) in [7, 11) is 1.59. The molecule has 0 aromatic heterocycles. The molecule has 2 amide bonds. The topological polar surface area (TPSA) is 58.6 Å². The van der Waals surface area contributed by atoms with E-state index >= 15 is 0 Å². The van der Waals surface area contributed by atoms with Crippen molar-refractivity contribution in [1.82, 2.24) is 10.2 Å². The molecule has 1 aliphatic rings. The minimum atomic E-state index is -0.327. The van der Waals surface area contributed by atoms with Crippen LogP contribution in [-0.4, -0.2) is 54.6 Å². The van der Waals surface area contributed by atoms with Gasteiger partial charge in [0.05, 0.1) is 12.5 Å². The van der Waals surface area contributed by atoms with Crippen LogP contribution in [0.3, 0.4) is 0 Å². The number of carbonyl (C=O) groups excluding carboxylic acids is 2. The van der Waals surface area contributed by atoms with Crippen molar-refractivity contribution in [2.24, 2.45) is 5.92 Å². The Morgan fingerprint density at radius 3 is 2.82 bits per heavy atom. The SMILES string of the molecule is COCCNC(=O)C1CSCN1C(=O)C(C)C. The van der Waals surface area contributed by atoms with Gasteiger partial charge in [0.25, 0.3) is 0 Å². The third-order valence-electron chi connectivity index (χ3n) is 2.57. The molecule has 0 spiro atoms. The lowest BCUT2D eigenvalue weighted by Gasteiger charge is -2.24. The quantitative estimate of drug-likeness (QED) is 0.723. The third kappa shape index (κ3) is 3.89. The molecule has 6 heteroatoms. The van der Waals surface area contributed by atoms with Gasteiger partial charge in [-0.3, -0.25) is 9.59 Å². The summed E-state index contributed by atoms with van der Waals surface area (Å²) in [5, 5.41) is 2.78. The van der Waals surface area contributed by atoms with Gasteiger partial charge in [-0.2, -0.15) is 0 Å². The smallest absolute Gasteiger partial charge is 0.243 e. The number of amides is 2. The second kappa shape index (κ2) is 6.86. The first-order valence-corrected chi connectivity index (χ1v) is 6.88. The summed E-state index contributed by atoms with van der Waals surface area (Å²) in [6.45, 7) is 4.68. The van der Waals surface area contributed by atoms with Gasteiger partial charge in [-0.1, -0.05) is 13.8 Å². The minimum Gasteiger partial charge on any atom is -0.383 e. The predicted octanol–water partition coefficient (Wildman–Crippen LogP) is 0.306. The largest absolute Gasteiger partial charge is 0.383 e. The van der Waals surface area contributed by atoms with E-state index in [0.717, 1.165) is 0 Å². The molecule has 1 rings (SSSR count). The van der Waals surface area contributed by atoms with Crippen molar-refractivity contribution >= 4 is 23.6 Å². The lowest BCUT2D eigenvalue weighted by molar-refractivity contribution is -0.140. The number of nitrogens with zero attached hydrogens (tertiary/aromatic N) is 1. The molecule has 0 aliphatic carbocycles. The molecule has 1 aliphatic heterocycles. The molecular weight excluding hydrogens is 240 g/mol. The van der Waals surface area contributed by atoms with Crippen LogP contribution >= 0.6 is 11.8 Å². The second-order valence-electron chi connectivity index (χ2n) is 4.26. The van der Waals surface area contributed by atoms with Crippen LogP contribution in [0.1, 0.15) is 13.8 Å². The number of methoxy groups -OCH3 is 1. The van der Waals surface area contributed by atoms with Gasteiger partial charge in [-0.05, 0) is 0 Å². The molecule has 0 aromatic carbocycles. The molecule has 0 bridgehead atoms. The normalized spacial score (nSPS) is 19.8. The Balaban J connectivity index is 2.51. The molecule has 0 radical (unpaired) electrons. The second-order valence-corrected chi connectivity index (χ2v) is 5.26. The summed E-state index contributed by atoms with van der Waals surface area (Å²) >= 11 is 1.62. The Hall–Kier alpha value is -0.750. The van der Waals surface area contributed by atoms with Gasteiger partial charge in [0, 0.05) is 25.3 Å². The van der Waals surface area contributed by atoms with E-state index in [-0.39, 0.29) is 23.8 Å². The molecular formula is C11H20N2O3S. The fourth-order valence-electron chi connectivity index (χ4n) is 1.60. The summed E-state index contributed by atoms with van der Waals surface area (Å²) in [5.74, 6) is 1.18. The van der Waals surface area contributed by atoms with Crippen molar-refractivity contribution in [3.05, 3.63) is 0 Å². The molecule has 98 valence electrons. The predicted molar refractivity (Wildman–Crippen MR) is 67.7 cm³/mol. The highest BCUT2D eigenvalue weighted by Crippen LogP contribution is 2.22. The molecule has 17 heavy (non-hydrogen) atoms. The highest BCUT2D eigenvalue weighted by molar-refractivity contribution is 7.99. The van der Waals surface area contributed by atoms with Gasteiger partial charge in [0.1, 0.15) is 6.04 Å². The molecule has 1 N–H and O–H groups in total. The van der Waals surface area contributed by atoms with Crippen molar-refractivity contribution in [2.45, 2.75) is 19.9 Å². The van der Waals surface area contributed by atoms with E-state index in [4.69, 9.17) is 4.74 Å². The zero-order valence-electron chi connectivity index (χ0n) is 10.6. The van der Waals surface area contributed by atoms with Crippen LogP contribution in [0.25, 0.3) is 0 Å². The van der Waals surface area contributed by atoms with E-state index in [0.29, 0.717) is 24.8 Å². The first kappa shape index (κ1) is 14.3. The Morgan fingerprint density at radius 1 is 1.53 bits per heavy atom. The van der Waals surface area contributed by atoms with Gasteiger partial charge in [-0.15, -0.1) is 11.8 Å². The number of hydrogen-bond acceptors (Lipinski definition) is 4. The van der Waals surface area contributed by atoms with Crippen LogP contribution in [0.5, 0.6) is 0 Å². The maximum atomic E-state index is 11.9.